The first-order valence-electron chi connectivity index (χ1n) is 5.75. The van der Waals surface area contributed by atoms with Crippen LogP contribution in [0.15, 0.2) is 16.6 Å². The predicted octanol–water partition coefficient (Wildman–Crippen LogP) is 2.86. The maximum absolute atomic E-state index is 13.6. The third-order valence-corrected chi connectivity index (χ3v) is 3.22. The lowest BCUT2D eigenvalue weighted by Gasteiger charge is -2.23. The Kier molecular flexibility index (Phi) is 6.35. The van der Waals surface area contributed by atoms with Gasteiger partial charge in [0.15, 0.2) is 0 Å². The van der Waals surface area contributed by atoms with E-state index in [9.17, 15) is 14.5 Å². The molecule has 0 aliphatic rings. The first kappa shape index (κ1) is 16.3. The van der Waals surface area contributed by atoms with E-state index in [-0.39, 0.29) is 28.8 Å². The molecule has 0 aliphatic heterocycles. The molecular weight excluding hydrogens is 333 g/mol. The number of hydrogen-bond acceptors (Lipinski definition) is 5. The van der Waals surface area contributed by atoms with Crippen LogP contribution in [0.2, 0.25) is 0 Å². The lowest BCUT2D eigenvalue weighted by molar-refractivity contribution is -0.384. The summed E-state index contributed by atoms with van der Waals surface area (Å²) in [4.78, 5) is 12.1. The van der Waals surface area contributed by atoms with Crippen LogP contribution < -0.4 is 4.90 Å². The van der Waals surface area contributed by atoms with Crippen molar-refractivity contribution in [2.75, 3.05) is 31.7 Å². The highest BCUT2D eigenvalue weighted by molar-refractivity contribution is 9.10. The van der Waals surface area contributed by atoms with Crippen molar-refractivity contribution in [2.24, 2.45) is 0 Å². The van der Waals surface area contributed by atoms with Gasteiger partial charge in [-0.15, -0.1) is 0 Å². The lowest BCUT2D eigenvalue weighted by atomic mass is 10.2. The molecule has 0 unspecified atom stereocenters. The molecule has 0 bridgehead atoms. The number of benzene rings is 1. The molecule has 1 rings (SSSR count). The van der Waals surface area contributed by atoms with Crippen LogP contribution in [-0.2, 0) is 4.74 Å². The van der Waals surface area contributed by atoms with Crippen LogP contribution >= 0.6 is 15.9 Å². The summed E-state index contributed by atoms with van der Waals surface area (Å²) in [7, 11) is 1.50. The number of hydrogen-bond donors (Lipinski definition) is 0. The van der Waals surface area contributed by atoms with Gasteiger partial charge in [0.2, 0.25) is 0 Å². The molecule has 108 valence electrons. The van der Waals surface area contributed by atoms with Gasteiger partial charge in [-0.2, -0.15) is 5.26 Å². The molecule has 1 aromatic rings. The van der Waals surface area contributed by atoms with E-state index >= 15 is 0 Å². The van der Waals surface area contributed by atoms with Gasteiger partial charge >= 0.3 is 0 Å². The van der Waals surface area contributed by atoms with Crippen molar-refractivity contribution >= 4 is 27.3 Å². The molecule has 20 heavy (non-hydrogen) atoms. The van der Waals surface area contributed by atoms with E-state index in [1.165, 1.54) is 7.11 Å². The molecule has 0 fully saturated rings. The van der Waals surface area contributed by atoms with E-state index in [0.29, 0.717) is 13.2 Å². The Morgan fingerprint density at radius 3 is 2.80 bits per heavy atom. The minimum atomic E-state index is -0.593. The quantitative estimate of drug-likeness (QED) is 0.560. The van der Waals surface area contributed by atoms with Crippen LogP contribution in [0.1, 0.15) is 6.42 Å². The largest absolute Gasteiger partial charge is 0.383 e. The number of nitro benzene ring substituents is 1. The Hall–Kier alpha value is -1.72. The van der Waals surface area contributed by atoms with E-state index in [2.05, 4.69) is 15.9 Å². The number of halogens is 2. The fraction of sp³-hybridized carbons (Fsp3) is 0.417. The third kappa shape index (κ3) is 4.15. The fourth-order valence-electron chi connectivity index (χ4n) is 1.66. The smallest absolute Gasteiger partial charge is 0.293 e. The van der Waals surface area contributed by atoms with Gasteiger partial charge in [-0.05, 0) is 15.9 Å². The average Bonchev–Trinajstić information content (AvgIpc) is 2.41. The normalized spacial score (nSPS) is 10.1. The summed E-state index contributed by atoms with van der Waals surface area (Å²) in [5, 5.41) is 19.7. The Balaban J connectivity index is 3.19. The number of rotatable bonds is 7. The van der Waals surface area contributed by atoms with Crippen molar-refractivity contribution in [1.29, 1.82) is 5.26 Å². The molecule has 0 radical (unpaired) electrons. The SMILES string of the molecule is COCCN(CCC#N)c1cc(F)c(Br)cc1[N+](=O)[O-]. The van der Waals surface area contributed by atoms with Crippen LogP contribution in [0.25, 0.3) is 0 Å². The van der Waals surface area contributed by atoms with Crippen molar-refractivity contribution < 1.29 is 14.1 Å². The van der Waals surface area contributed by atoms with Gasteiger partial charge in [0.1, 0.15) is 11.5 Å². The topological polar surface area (TPSA) is 79.4 Å². The van der Waals surface area contributed by atoms with E-state index in [1.54, 1.807) is 4.90 Å². The monoisotopic (exact) mass is 345 g/mol. The van der Waals surface area contributed by atoms with Gasteiger partial charge in [0.05, 0.1) is 28.5 Å². The molecule has 0 amide bonds. The standard InChI is InChI=1S/C12H13BrFN3O3/c1-20-6-5-16(4-2-3-15)11-8-10(14)9(13)7-12(11)17(18)19/h7-8H,2,4-6H2,1H3. The Labute approximate surface area is 124 Å². The third-order valence-electron chi connectivity index (χ3n) is 2.61. The van der Waals surface area contributed by atoms with Crippen molar-refractivity contribution in [3.8, 4) is 6.07 Å². The number of anilines is 1. The number of methoxy groups -OCH3 is 1. The van der Waals surface area contributed by atoms with E-state index in [0.717, 1.165) is 12.1 Å². The molecule has 0 heterocycles. The van der Waals surface area contributed by atoms with E-state index in [1.807, 2.05) is 6.07 Å². The summed E-state index contributed by atoms with van der Waals surface area (Å²) in [6.45, 7) is 0.919. The van der Waals surface area contributed by atoms with Crippen molar-refractivity contribution in [3.63, 3.8) is 0 Å². The van der Waals surface area contributed by atoms with Crippen molar-refractivity contribution in [1.82, 2.24) is 0 Å². The van der Waals surface area contributed by atoms with Crippen LogP contribution in [0.3, 0.4) is 0 Å². The first-order valence-corrected chi connectivity index (χ1v) is 6.54. The van der Waals surface area contributed by atoms with Crippen molar-refractivity contribution in [3.05, 3.63) is 32.5 Å². The maximum atomic E-state index is 13.6. The Morgan fingerprint density at radius 1 is 1.55 bits per heavy atom. The minimum Gasteiger partial charge on any atom is -0.383 e. The lowest BCUT2D eigenvalue weighted by Crippen LogP contribution is -2.29. The molecule has 6 nitrogen and oxygen atoms in total. The van der Waals surface area contributed by atoms with Crippen LogP contribution in [0.4, 0.5) is 15.8 Å². The molecular formula is C12H13BrFN3O3. The van der Waals surface area contributed by atoms with E-state index in [4.69, 9.17) is 10.00 Å². The second-order valence-electron chi connectivity index (χ2n) is 3.90. The summed E-state index contributed by atoms with van der Waals surface area (Å²) in [5.41, 5.74) is -0.0738. The summed E-state index contributed by atoms with van der Waals surface area (Å²) < 4.78 is 18.6. The molecule has 8 heteroatoms. The van der Waals surface area contributed by atoms with Crippen LogP contribution in [0, 0.1) is 27.3 Å². The second-order valence-corrected chi connectivity index (χ2v) is 4.75. The fourth-order valence-corrected chi connectivity index (χ4v) is 2.00. The average molecular weight is 346 g/mol. The Morgan fingerprint density at radius 2 is 2.25 bits per heavy atom. The molecule has 1 aromatic carbocycles. The second kappa shape index (κ2) is 7.77. The molecule has 0 atom stereocenters. The zero-order valence-corrected chi connectivity index (χ0v) is 12.4. The van der Waals surface area contributed by atoms with Gasteiger partial charge in [0, 0.05) is 32.3 Å². The highest BCUT2D eigenvalue weighted by Crippen LogP contribution is 2.33. The number of nitro groups is 1. The minimum absolute atomic E-state index is 0.0277. The van der Waals surface area contributed by atoms with Gasteiger partial charge in [0.25, 0.3) is 5.69 Å². The number of ether oxygens (including phenoxy) is 1. The number of nitriles is 1. The summed E-state index contributed by atoms with van der Waals surface area (Å²) in [6, 6.07) is 4.18. The maximum Gasteiger partial charge on any atom is 0.293 e. The molecule has 0 aromatic heterocycles. The highest BCUT2D eigenvalue weighted by atomic mass is 79.9. The molecule has 0 saturated heterocycles. The van der Waals surface area contributed by atoms with Gasteiger partial charge in [-0.3, -0.25) is 10.1 Å². The molecule has 0 spiro atoms. The van der Waals surface area contributed by atoms with Gasteiger partial charge in [-0.25, -0.2) is 4.39 Å². The van der Waals surface area contributed by atoms with Crippen LogP contribution in [-0.4, -0.2) is 31.7 Å². The highest BCUT2D eigenvalue weighted by Gasteiger charge is 2.22. The van der Waals surface area contributed by atoms with E-state index < -0.39 is 10.7 Å². The van der Waals surface area contributed by atoms with Gasteiger partial charge < -0.3 is 9.64 Å². The summed E-state index contributed by atoms with van der Waals surface area (Å²) in [5.74, 6) is -0.593. The Bertz CT molecular complexity index is 533. The van der Waals surface area contributed by atoms with Crippen molar-refractivity contribution in [2.45, 2.75) is 6.42 Å². The predicted molar refractivity (Wildman–Crippen MR) is 75.1 cm³/mol. The zero-order valence-electron chi connectivity index (χ0n) is 10.8. The summed E-state index contributed by atoms with van der Waals surface area (Å²) in [6.07, 6.45) is 0.179. The van der Waals surface area contributed by atoms with Crippen LogP contribution in [0.5, 0.6) is 0 Å². The number of nitrogens with zero attached hydrogens (tertiary/aromatic N) is 3. The molecule has 0 aliphatic carbocycles. The zero-order chi connectivity index (χ0) is 15.1. The molecule has 0 N–H and O–H groups in total. The summed E-state index contributed by atoms with van der Waals surface area (Å²) >= 11 is 2.93. The van der Waals surface area contributed by atoms with Gasteiger partial charge in [-0.1, -0.05) is 0 Å². The molecule has 0 saturated carbocycles. The first-order chi connectivity index (χ1) is 9.51.